The van der Waals surface area contributed by atoms with Gasteiger partial charge in [-0.25, -0.2) is 9.78 Å². The predicted octanol–water partition coefficient (Wildman–Crippen LogP) is 4.63. The summed E-state index contributed by atoms with van der Waals surface area (Å²) in [5.74, 6) is -0.0332. The van der Waals surface area contributed by atoms with E-state index in [2.05, 4.69) is 33.1 Å². The quantitative estimate of drug-likeness (QED) is 0.554. The van der Waals surface area contributed by atoms with Crippen LogP contribution in [0.2, 0.25) is 0 Å². The molecule has 0 spiro atoms. The topological polar surface area (TPSA) is 74.3 Å². The number of amides is 3. The van der Waals surface area contributed by atoms with E-state index in [1.54, 1.807) is 22.7 Å². The van der Waals surface area contributed by atoms with Gasteiger partial charge in [-0.2, -0.15) is 0 Å². The minimum absolute atomic E-state index is 0.0272. The molecule has 3 aromatic rings. The number of carbonyl (C=O) groups excluding carboxylic acids is 2. The van der Waals surface area contributed by atoms with Gasteiger partial charge in [0.25, 0.3) is 5.91 Å². The molecule has 0 aliphatic carbocycles. The van der Waals surface area contributed by atoms with E-state index in [-0.39, 0.29) is 18.0 Å². The highest BCUT2D eigenvalue weighted by Crippen LogP contribution is 2.29. The minimum Gasteiger partial charge on any atom is -0.349 e. The fourth-order valence-corrected chi connectivity index (χ4v) is 5.50. The molecule has 1 saturated heterocycles. The van der Waals surface area contributed by atoms with Gasteiger partial charge >= 0.3 is 6.03 Å². The molecule has 0 unspecified atom stereocenters. The van der Waals surface area contributed by atoms with E-state index in [0.717, 1.165) is 35.5 Å². The summed E-state index contributed by atoms with van der Waals surface area (Å²) in [6.45, 7) is 5.87. The van der Waals surface area contributed by atoms with Gasteiger partial charge in [0.2, 0.25) is 0 Å². The van der Waals surface area contributed by atoms with E-state index in [1.165, 1.54) is 9.75 Å². The van der Waals surface area contributed by atoms with Crippen molar-refractivity contribution in [2.75, 3.05) is 19.6 Å². The molecule has 3 heterocycles. The van der Waals surface area contributed by atoms with Gasteiger partial charge in [0, 0.05) is 41.5 Å². The Hall–Kier alpha value is -2.71. The summed E-state index contributed by atoms with van der Waals surface area (Å²) >= 11 is 3.39. The molecule has 4 rings (SSSR count). The zero-order valence-corrected chi connectivity index (χ0v) is 20.0. The number of nitrogens with zero attached hydrogens (tertiary/aromatic N) is 2. The summed E-state index contributed by atoms with van der Waals surface area (Å²) in [7, 11) is 0. The number of carbonyl (C=O) groups is 2. The van der Waals surface area contributed by atoms with Gasteiger partial charge in [-0.05, 0) is 56.9 Å². The minimum atomic E-state index is -0.0332. The Kier molecular flexibility index (Phi) is 7.22. The summed E-state index contributed by atoms with van der Waals surface area (Å²) in [5.41, 5.74) is 2.72. The van der Waals surface area contributed by atoms with Crippen LogP contribution in [0.4, 0.5) is 4.79 Å². The maximum Gasteiger partial charge on any atom is 0.317 e. The summed E-state index contributed by atoms with van der Waals surface area (Å²) in [4.78, 5) is 33.8. The number of piperidine rings is 1. The predicted molar refractivity (Wildman–Crippen MR) is 131 cm³/mol. The number of likely N-dealkylation sites (tertiary alicyclic amines) is 1. The lowest BCUT2D eigenvalue weighted by Gasteiger charge is -2.32. The smallest absolute Gasteiger partial charge is 0.317 e. The molecule has 1 fully saturated rings. The fourth-order valence-electron chi connectivity index (χ4n) is 3.85. The first-order valence-corrected chi connectivity index (χ1v) is 12.6. The standard InChI is InChI=1S/C24H28N4O2S2/c1-16-5-3-4-6-20(16)23(29)27-18-10-13-28(14-11-18)24(30)25-12-9-19-7-8-22(32-19)21-15-31-17(2)26-21/h3-8,15,18H,9-14H2,1-2H3,(H,25,30)(H,27,29). The average molecular weight is 469 g/mol. The van der Waals surface area contributed by atoms with Crippen LogP contribution in [0.5, 0.6) is 0 Å². The third-order valence-electron chi connectivity index (χ3n) is 5.69. The Morgan fingerprint density at radius 2 is 1.91 bits per heavy atom. The van der Waals surface area contributed by atoms with E-state index in [9.17, 15) is 9.59 Å². The first kappa shape index (κ1) is 22.5. The van der Waals surface area contributed by atoms with Crippen molar-refractivity contribution in [3.8, 4) is 10.6 Å². The Bertz CT molecular complexity index is 1080. The zero-order valence-electron chi connectivity index (χ0n) is 18.4. The fraction of sp³-hybridized carbons (Fsp3) is 0.375. The number of hydrogen-bond acceptors (Lipinski definition) is 5. The SMILES string of the molecule is Cc1nc(-c2ccc(CCNC(=O)N3CCC(NC(=O)c4ccccc4C)CC3)s2)cs1. The summed E-state index contributed by atoms with van der Waals surface area (Å²) in [5, 5.41) is 9.31. The molecule has 8 heteroatoms. The van der Waals surface area contributed by atoms with Crippen LogP contribution >= 0.6 is 22.7 Å². The Morgan fingerprint density at radius 3 is 2.62 bits per heavy atom. The van der Waals surface area contributed by atoms with Crippen LogP contribution in [-0.4, -0.2) is 47.5 Å². The number of aromatic nitrogens is 1. The molecule has 0 saturated carbocycles. The number of thiazole rings is 1. The normalized spacial score (nSPS) is 14.4. The van der Waals surface area contributed by atoms with Crippen molar-refractivity contribution in [1.82, 2.24) is 20.5 Å². The number of aryl methyl sites for hydroxylation is 2. The number of benzene rings is 1. The molecule has 6 nitrogen and oxygen atoms in total. The lowest BCUT2D eigenvalue weighted by atomic mass is 10.0. The first-order chi connectivity index (χ1) is 15.5. The number of nitrogens with one attached hydrogen (secondary N) is 2. The molecule has 0 bridgehead atoms. The molecule has 0 atom stereocenters. The Balaban J connectivity index is 1.18. The van der Waals surface area contributed by atoms with Crippen molar-refractivity contribution in [3.63, 3.8) is 0 Å². The zero-order chi connectivity index (χ0) is 22.5. The second-order valence-corrected chi connectivity index (χ2v) is 10.3. The Morgan fingerprint density at radius 1 is 1.12 bits per heavy atom. The molecule has 1 aromatic carbocycles. The van der Waals surface area contributed by atoms with E-state index in [1.807, 2.05) is 43.0 Å². The molecule has 0 radical (unpaired) electrons. The van der Waals surface area contributed by atoms with E-state index in [0.29, 0.717) is 25.2 Å². The number of hydrogen-bond donors (Lipinski definition) is 2. The molecule has 2 N–H and O–H groups in total. The van der Waals surface area contributed by atoms with Crippen LogP contribution < -0.4 is 10.6 Å². The lowest BCUT2D eigenvalue weighted by molar-refractivity contribution is 0.0917. The lowest BCUT2D eigenvalue weighted by Crippen LogP contribution is -2.49. The third kappa shape index (κ3) is 5.55. The van der Waals surface area contributed by atoms with Crippen LogP contribution in [-0.2, 0) is 6.42 Å². The monoisotopic (exact) mass is 468 g/mol. The van der Waals surface area contributed by atoms with E-state index >= 15 is 0 Å². The van der Waals surface area contributed by atoms with Crippen LogP contribution in [0.15, 0.2) is 41.8 Å². The molecule has 168 valence electrons. The summed E-state index contributed by atoms with van der Waals surface area (Å²) < 4.78 is 0. The number of thiophene rings is 1. The third-order valence-corrected chi connectivity index (χ3v) is 7.63. The molecule has 1 aliphatic heterocycles. The van der Waals surface area contributed by atoms with E-state index < -0.39 is 0 Å². The average Bonchev–Trinajstić information content (AvgIpc) is 3.43. The van der Waals surface area contributed by atoms with Gasteiger partial charge in [0.15, 0.2) is 0 Å². The van der Waals surface area contributed by atoms with Gasteiger partial charge in [-0.1, -0.05) is 18.2 Å². The number of rotatable bonds is 6. The molecular formula is C24H28N4O2S2. The van der Waals surface area contributed by atoms with Crippen molar-refractivity contribution < 1.29 is 9.59 Å². The summed E-state index contributed by atoms with van der Waals surface area (Å²) in [6, 6.07) is 11.9. The maximum atomic E-state index is 12.5. The van der Waals surface area contributed by atoms with Gasteiger partial charge in [0.1, 0.15) is 0 Å². The largest absolute Gasteiger partial charge is 0.349 e. The van der Waals surface area contributed by atoms with Crippen LogP contribution in [0.25, 0.3) is 10.6 Å². The first-order valence-electron chi connectivity index (χ1n) is 10.9. The van der Waals surface area contributed by atoms with Gasteiger partial charge in [-0.3, -0.25) is 4.79 Å². The Labute approximate surface area is 196 Å². The van der Waals surface area contributed by atoms with Crippen LogP contribution in [0.3, 0.4) is 0 Å². The molecular weight excluding hydrogens is 440 g/mol. The van der Waals surface area contributed by atoms with Gasteiger partial charge in [0.05, 0.1) is 15.6 Å². The molecule has 3 amide bonds. The highest BCUT2D eigenvalue weighted by Gasteiger charge is 2.24. The van der Waals surface area contributed by atoms with Crippen LogP contribution in [0, 0.1) is 13.8 Å². The van der Waals surface area contributed by atoms with Crippen molar-refractivity contribution in [1.29, 1.82) is 0 Å². The molecule has 2 aromatic heterocycles. The molecule has 32 heavy (non-hydrogen) atoms. The highest BCUT2D eigenvalue weighted by atomic mass is 32.1. The highest BCUT2D eigenvalue weighted by molar-refractivity contribution is 7.16. The number of urea groups is 1. The van der Waals surface area contributed by atoms with Crippen molar-refractivity contribution in [3.05, 3.63) is 62.8 Å². The van der Waals surface area contributed by atoms with Crippen LogP contribution in [0.1, 0.15) is 38.6 Å². The van der Waals surface area contributed by atoms with Crippen molar-refractivity contribution >= 4 is 34.6 Å². The van der Waals surface area contributed by atoms with E-state index in [4.69, 9.17) is 0 Å². The molecule has 1 aliphatic rings. The van der Waals surface area contributed by atoms with Crippen molar-refractivity contribution in [2.45, 2.75) is 39.2 Å². The maximum absolute atomic E-state index is 12.5. The van der Waals surface area contributed by atoms with Gasteiger partial charge < -0.3 is 15.5 Å². The van der Waals surface area contributed by atoms with Gasteiger partial charge in [-0.15, -0.1) is 22.7 Å². The van der Waals surface area contributed by atoms with Crippen molar-refractivity contribution in [2.24, 2.45) is 0 Å². The second-order valence-electron chi connectivity index (χ2n) is 8.05. The summed E-state index contributed by atoms with van der Waals surface area (Å²) in [6.07, 6.45) is 2.35. The second kappa shape index (κ2) is 10.3.